The van der Waals surface area contributed by atoms with E-state index in [9.17, 15) is 9.28 Å². The van der Waals surface area contributed by atoms with Crippen molar-refractivity contribution in [2.75, 3.05) is 26.5 Å². The highest BCUT2D eigenvalue weighted by Gasteiger charge is 2.29. The van der Waals surface area contributed by atoms with E-state index in [0.717, 1.165) is 73.7 Å². The van der Waals surface area contributed by atoms with Gasteiger partial charge in [0.1, 0.15) is 11.5 Å². The number of halogens is 1. The highest BCUT2D eigenvalue weighted by Crippen LogP contribution is 2.43. The first-order valence-electron chi connectivity index (χ1n) is 13.0. The maximum atomic E-state index is 14.9. The van der Waals surface area contributed by atoms with Crippen molar-refractivity contribution in [3.05, 3.63) is 65.7 Å². The molecule has 5 nitrogen and oxygen atoms in total. The van der Waals surface area contributed by atoms with Gasteiger partial charge in [-0.2, -0.15) is 4.39 Å². The van der Waals surface area contributed by atoms with Gasteiger partial charge in [0, 0.05) is 14.3 Å². The van der Waals surface area contributed by atoms with Crippen molar-refractivity contribution < 1.29 is 18.8 Å². The van der Waals surface area contributed by atoms with E-state index >= 15 is 0 Å². The van der Waals surface area contributed by atoms with Crippen LogP contribution in [0.25, 0.3) is 11.1 Å². The quantitative estimate of drug-likeness (QED) is 0.300. The number of aryl methyl sites for hydroxylation is 1. The third-order valence-corrected chi connectivity index (χ3v) is 8.42. The summed E-state index contributed by atoms with van der Waals surface area (Å²) in [7, 11) is 0.808. The van der Waals surface area contributed by atoms with Gasteiger partial charge in [0.25, 0.3) is 0 Å². The summed E-state index contributed by atoms with van der Waals surface area (Å²) >= 11 is 0. The Hall–Kier alpha value is -2.43. The van der Waals surface area contributed by atoms with Gasteiger partial charge in [0.2, 0.25) is 5.95 Å². The number of ether oxygens (including phenoxy) is 2. The fraction of sp³-hybridized carbons (Fsp3) is 0.483. The number of hydrogen-bond donors (Lipinski definition) is 1. The predicted molar refractivity (Wildman–Crippen MR) is 143 cm³/mol. The minimum absolute atomic E-state index is 0.352. The van der Waals surface area contributed by atoms with Crippen molar-refractivity contribution >= 4 is 8.15 Å². The SMILES string of the molecule is COc1ccc(-c2cn(C3CC3)nc2F)c(C2CCC(COc3cccc(CCP(C)O)c3)CC2)c1. The van der Waals surface area contributed by atoms with Gasteiger partial charge in [0.05, 0.1) is 25.3 Å². The topological polar surface area (TPSA) is 56.5 Å². The zero-order chi connectivity index (χ0) is 25.1. The number of benzene rings is 2. The molecule has 0 aliphatic heterocycles. The molecule has 1 aromatic heterocycles. The van der Waals surface area contributed by atoms with Crippen molar-refractivity contribution in [3.8, 4) is 22.6 Å². The second kappa shape index (κ2) is 11.3. The van der Waals surface area contributed by atoms with E-state index in [-0.39, 0.29) is 5.95 Å². The van der Waals surface area contributed by atoms with Gasteiger partial charge in [-0.25, -0.2) is 0 Å². The maximum absolute atomic E-state index is 14.9. The molecule has 0 spiro atoms. The van der Waals surface area contributed by atoms with Crippen LogP contribution in [0.4, 0.5) is 4.39 Å². The van der Waals surface area contributed by atoms with Crippen LogP contribution in [0.5, 0.6) is 11.5 Å². The van der Waals surface area contributed by atoms with E-state index in [4.69, 9.17) is 9.47 Å². The molecule has 2 aliphatic rings. The first-order valence-corrected chi connectivity index (χ1v) is 15.0. The van der Waals surface area contributed by atoms with Crippen LogP contribution in [0.2, 0.25) is 0 Å². The van der Waals surface area contributed by atoms with Gasteiger partial charge >= 0.3 is 0 Å². The largest absolute Gasteiger partial charge is 0.497 e. The number of hydrogen-bond acceptors (Lipinski definition) is 4. The Bertz CT molecular complexity index is 1170. The van der Waals surface area contributed by atoms with Crippen molar-refractivity contribution in [1.82, 2.24) is 9.78 Å². The van der Waals surface area contributed by atoms with Gasteiger partial charge in [0.15, 0.2) is 0 Å². The molecule has 192 valence electrons. The summed E-state index contributed by atoms with van der Waals surface area (Å²) in [6.07, 6.45) is 9.99. The van der Waals surface area contributed by atoms with Crippen LogP contribution in [0, 0.1) is 11.9 Å². The highest BCUT2D eigenvalue weighted by atomic mass is 31.1. The van der Waals surface area contributed by atoms with Crippen LogP contribution < -0.4 is 9.47 Å². The van der Waals surface area contributed by atoms with Gasteiger partial charge in [-0.05, 0) is 111 Å². The number of nitrogens with zero attached hydrogens (tertiary/aromatic N) is 2. The van der Waals surface area contributed by atoms with Crippen LogP contribution in [0.3, 0.4) is 0 Å². The summed E-state index contributed by atoms with van der Waals surface area (Å²) in [5.74, 6) is 2.21. The predicted octanol–water partition coefficient (Wildman–Crippen LogP) is 6.95. The van der Waals surface area contributed by atoms with Crippen molar-refractivity contribution in [3.63, 3.8) is 0 Å². The zero-order valence-electron chi connectivity index (χ0n) is 21.2. The Morgan fingerprint density at radius 2 is 1.83 bits per heavy atom. The molecular weight excluding hydrogens is 474 g/mol. The molecule has 0 bridgehead atoms. The molecular formula is C29H36FN2O3P. The molecule has 1 N–H and O–H groups in total. The van der Waals surface area contributed by atoms with Crippen LogP contribution in [0.1, 0.15) is 61.6 Å². The second-order valence-corrected chi connectivity index (χ2v) is 12.1. The van der Waals surface area contributed by atoms with E-state index < -0.39 is 8.15 Å². The van der Waals surface area contributed by atoms with Gasteiger partial charge in [-0.1, -0.05) is 18.2 Å². The molecule has 36 heavy (non-hydrogen) atoms. The molecule has 2 fully saturated rings. The molecule has 7 heteroatoms. The molecule has 3 aromatic rings. The third-order valence-electron chi connectivity index (χ3n) is 7.55. The molecule has 0 radical (unpaired) electrons. The van der Waals surface area contributed by atoms with E-state index in [1.54, 1.807) is 11.8 Å². The molecule has 1 unspecified atom stereocenters. The van der Waals surface area contributed by atoms with Crippen LogP contribution in [-0.4, -0.2) is 41.2 Å². The number of aromatic nitrogens is 2. The maximum Gasteiger partial charge on any atom is 0.240 e. The van der Waals surface area contributed by atoms with Crippen molar-refractivity contribution in [1.29, 1.82) is 0 Å². The molecule has 1 atom stereocenters. The lowest BCUT2D eigenvalue weighted by molar-refractivity contribution is 0.200. The minimum atomic E-state index is -0.871. The summed E-state index contributed by atoms with van der Waals surface area (Å²) in [4.78, 5) is 9.61. The second-order valence-electron chi connectivity index (χ2n) is 10.3. The molecule has 2 saturated carbocycles. The summed E-state index contributed by atoms with van der Waals surface area (Å²) in [6.45, 7) is 2.60. The van der Waals surface area contributed by atoms with E-state index in [2.05, 4.69) is 23.3 Å². The average molecular weight is 511 g/mol. The Labute approximate surface area is 214 Å². The first kappa shape index (κ1) is 25.2. The lowest BCUT2D eigenvalue weighted by Gasteiger charge is -2.30. The zero-order valence-corrected chi connectivity index (χ0v) is 22.1. The van der Waals surface area contributed by atoms with Crippen molar-refractivity contribution in [2.45, 2.75) is 56.9 Å². The summed E-state index contributed by atoms with van der Waals surface area (Å²) in [5.41, 5.74) is 3.91. The molecule has 0 saturated heterocycles. The Morgan fingerprint density at radius 3 is 2.56 bits per heavy atom. The Balaban J connectivity index is 1.23. The lowest BCUT2D eigenvalue weighted by Crippen LogP contribution is -2.19. The molecule has 5 rings (SSSR count). The van der Waals surface area contributed by atoms with Crippen LogP contribution in [0.15, 0.2) is 48.7 Å². The fourth-order valence-electron chi connectivity index (χ4n) is 5.26. The lowest BCUT2D eigenvalue weighted by atomic mass is 9.77. The summed E-state index contributed by atoms with van der Waals surface area (Å²) < 4.78 is 28.4. The van der Waals surface area contributed by atoms with Gasteiger partial charge in [-0.15, -0.1) is 5.10 Å². The summed E-state index contributed by atoms with van der Waals surface area (Å²) in [5, 5.41) is 4.16. The normalized spacial score (nSPS) is 20.8. The average Bonchev–Trinajstić information content (AvgIpc) is 3.68. The monoisotopic (exact) mass is 510 g/mol. The van der Waals surface area contributed by atoms with E-state index in [1.807, 2.05) is 37.1 Å². The minimum Gasteiger partial charge on any atom is -0.497 e. The van der Waals surface area contributed by atoms with E-state index in [0.29, 0.717) is 30.0 Å². The standard InChI is InChI=1S/C29H36FN2O3P/c1-34-24-12-13-26(28-18-32(23-10-11-23)31-29(28)30)27(17-24)22-8-6-21(7-9-22)19-35-25-5-3-4-20(16-25)14-15-36(2)33/h3-5,12-13,16-18,21-23,33H,6-11,14-15,19H2,1-2H3. The first-order chi connectivity index (χ1) is 17.5. The third kappa shape index (κ3) is 6.10. The fourth-order valence-corrected chi connectivity index (χ4v) is 5.84. The van der Waals surface area contributed by atoms with Gasteiger partial charge < -0.3 is 14.4 Å². The van der Waals surface area contributed by atoms with Crippen LogP contribution >= 0.6 is 8.15 Å². The molecule has 1 heterocycles. The van der Waals surface area contributed by atoms with Crippen molar-refractivity contribution in [2.24, 2.45) is 5.92 Å². The Morgan fingerprint density at radius 1 is 1.03 bits per heavy atom. The smallest absolute Gasteiger partial charge is 0.240 e. The molecule has 2 aliphatic carbocycles. The Kier molecular flexibility index (Phi) is 7.93. The molecule has 0 amide bonds. The highest BCUT2D eigenvalue weighted by molar-refractivity contribution is 7.50. The molecule has 2 aromatic carbocycles. The van der Waals surface area contributed by atoms with Crippen LogP contribution in [-0.2, 0) is 6.42 Å². The number of methoxy groups -OCH3 is 1. The van der Waals surface area contributed by atoms with E-state index in [1.165, 1.54) is 5.56 Å². The number of rotatable bonds is 10. The summed E-state index contributed by atoms with van der Waals surface area (Å²) in [6, 6.07) is 14.6. The van der Waals surface area contributed by atoms with Gasteiger partial charge in [-0.3, -0.25) is 4.68 Å².